The Labute approximate surface area is 76.5 Å². The standard InChI is InChI=1S/C8H13NO4/c1-3-5-7(6-9(11)12)8(10)13-4-2/h5H,3-4,6H2,1-2H3/b7-5+. The topological polar surface area (TPSA) is 69.4 Å². The molecule has 0 unspecified atom stereocenters. The van der Waals surface area contributed by atoms with Crippen molar-refractivity contribution >= 4 is 5.97 Å². The average molecular weight is 187 g/mol. The highest BCUT2D eigenvalue weighted by atomic mass is 16.6. The number of carbonyl (C=O) groups excluding carboxylic acids is 1. The summed E-state index contributed by atoms with van der Waals surface area (Å²) in [5.74, 6) is -0.596. The molecule has 5 nitrogen and oxygen atoms in total. The third kappa shape index (κ3) is 4.95. The summed E-state index contributed by atoms with van der Waals surface area (Å²) >= 11 is 0. The SMILES string of the molecule is CC/C=C(\C[N+](=O)[O-])C(=O)OCC. The van der Waals surface area contributed by atoms with E-state index in [9.17, 15) is 14.9 Å². The minimum atomic E-state index is -0.596. The number of ether oxygens (including phenoxy) is 1. The third-order valence-electron chi connectivity index (χ3n) is 1.29. The lowest BCUT2D eigenvalue weighted by Gasteiger charge is -2.01. The molecule has 0 bridgehead atoms. The van der Waals surface area contributed by atoms with E-state index in [2.05, 4.69) is 4.74 Å². The minimum Gasteiger partial charge on any atom is -0.462 e. The molecule has 0 amide bonds. The summed E-state index contributed by atoms with van der Waals surface area (Å²) in [6.07, 6.45) is 2.10. The zero-order chi connectivity index (χ0) is 10.3. The molecular weight excluding hydrogens is 174 g/mol. The number of allylic oxidation sites excluding steroid dienone is 1. The van der Waals surface area contributed by atoms with Gasteiger partial charge in [0, 0.05) is 4.92 Å². The molecule has 0 N–H and O–H groups in total. The van der Waals surface area contributed by atoms with E-state index in [-0.39, 0.29) is 12.2 Å². The smallest absolute Gasteiger partial charge is 0.340 e. The van der Waals surface area contributed by atoms with Crippen LogP contribution >= 0.6 is 0 Å². The quantitative estimate of drug-likeness (QED) is 0.280. The first-order valence-electron chi connectivity index (χ1n) is 4.09. The molecule has 0 aliphatic carbocycles. The van der Waals surface area contributed by atoms with Gasteiger partial charge in [0.2, 0.25) is 6.54 Å². The van der Waals surface area contributed by atoms with Crippen LogP contribution in [0.3, 0.4) is 0 Å². The van der Waals surface area contributed by atoms with E-state index in [1.165, 1.54) is 6.08 Å². The van der Waals surface area contributed by atoms with Crippen molar-refractivity contribution in [3.63, 3.8) is 0 Å². The molecule has 0 aliphatic rings. The number of hydrogen-bond acceptors (Lipinski definition) is 4. The Morgan fingerprint density at radius 3 is 2.54 bits per heavy atom. The minimum absolute atomic E-state index is 0.120. The first-order valence-corrected chi connectivity index (χ1v) is 4.09. The monoisotopic (exact) mass is 187 g/mol. The van der Waals surface area contributed by atoms with Crippen molar-refractivity contribution in [1.29, 1.82) is 0 Å². The summed E-state index contributed by atoms with van der Waals surface area (Å²) in [4.78, 5) is 20.7. The van der Waals surface area contributed by atoms with E-state index >= 15 is 0 Å². The largest absolute Gasteiger partial charge is 0.462 e. The first-order chi connectivity index (χ1) is 6.11. The average Bonchev–Trinajstić information content (AvgIpc) is 2.03. The van der Waals surface area contributed by atoms with Gasteiger partial charge in [0.25, 0.3) is 0 Å². The summed E-state index contributed by atoms with van der Waals surface area (Å²) in [6.45, 7) is 3.23. The van der Waals surface area contributed by atoms with Crippen LogP contribution in [0, 0.1) is 10.1 Å². The van der Waals surface area contributed by atoms with E-state index in [1.807, 2.05) is 0 Å². The van der Waals surface area contributed by atoms with Crippen LogP contribution in [0.25, 0.3) is 0 Å². The van der Waals surface area contributed by atoms with Crippen molar-refractivity contribution in [2.75, 3.05) is 13.2 Å². The highest BCUT2D eigenvalue weighted by Gasteiger charge is 2.15. The maximum Gasteiger partial charge on any atom is 0.340 e. The van der Waals surface area contributed by atoms with Crippen molar-refractivity contribution in [2.45, 2.75) is 20.3 Å². The second-order valence-corrected chi connectivity index (χ2v) is 2.35. The Balaban J connectivity index is 4.33. The highest BCUT2D eigenvalue weighted by molar-refractivity contribution is 5.88. The maximum atomic E-state index is 11.1. The fourth-order valence-electron chi connectivity index (χ4n) is 0.822. The lowest BCUT2D eigenvalue weighted by Crippen LogP contribution is -2.15. The van der Waals surface area contributed by atoms with Crippen LogP contribution in [0.4, 0.5) is 0 Å². The van der Waals surface area contributed by atoms with Crippen LogP contribution in [0.5, 0.6) is 0 Å². The van der Waals surface area contributed by atoms with Gasteiger partial charge in [0.1, 0.15) is 5.57 Å². The van der Waals surface area contributed by atoms with E-state index in [0.717, 1.165) is 0 Å². The Hall–Kier alpha value is -1.39. The molecule has 0 saturated heterocycles. The molecular formula is C8H13NO4. The summed E-state index contributed by atoms with van der Waals surface area (Å²) in [5.41, 5.74) is 0.120. The molecule has 0 radical (unpaired) electrons. The summed E-state index contributed by atoms with van der Waals surface area (Å²) < 4.78 is 4.65. The van der Waals surface area contributed by atoms with Gasteiger partial charge in [-0.3, -0.25) is 10.1 Å². The fourth-order valence-corrected chi connectivity index (χ4v) is 0.822. The van der Waals surface area contributed by atoms with Crippen molar-refractivity contribution in [1.82, 2.24) is 0 Å². The van der Waals surface area contributed by atoms with Gasteiger partial charge < -0.3 is 4.74 Å². The van der Waals surface area contributed by atoms with Crippen LogP contribution in [0.1, 0.15) is 20.3 Å². The van der Waals surface area contributed by atoms with E-state index in [4.69, 9.17) is 0 Å². The van der Waals surface area contributed by atoms with Crippen LogP contribution in [0.15, 0.2) is 11.6 Å². The molecule has 74 valence electrons. The molecule has 0 aromatic carbocycles. The number of hydrogen-bond donors (Lipinski definition) is 0. The Morgan fingerprint density at radius 1 is 1.54 bits per heavy atom. The summed E-state index contributed by atoms with van der Waals surface area (Å²) in [7, 11) is 0. The van der Waals surface area contributed by atoms with Gasteiger partial charge in [-0.05, 0) is 13.3 Å². The Kier molecular flexibility index (Phi) is 5.50. The lowest BCUT2D eigenvalue weighted by atomic mass is 10.2. The predicted octanol–water partition coefficient (Wildman–Crippen LogP) is 1.16. The Bertz CT molecular complexity index is 222. The van der Waals surface area contributed by atoms with E-state index < -0.39 is 17.4 Å². The molecule has 0 saturated carbocycles. The maximum absolute atomic E-state index is 11.1. The normalized spacial score (nSPS) is 11.1. The second-order valence-electron chi connectivity index (χ2n) is 2.35. The number of carbonyl (C=O) groups is 1. The molecule has 13 heavy (non-hydrogen) atoms. The number of nitrogens with zero attached hydrogens (tertiary/aromatic N) is 1. The van der Waals surface area contributed by atoms with Crippen molar-refractivity contribution in [2.24, 2.45) is 0 Å². The lowest BCUT2D eigenvalue weighted by molar-refractivity contribution is -0.470. The molecule has 0 aromatic rings. The third-order valence-corrected chi connectivity index (χ3v) is 1.29. The van der Waals surface area contributed by atoms with Gasteiger partial charge in [-0.25, -0.2) is 4.79 Å². The molecule has 0 aromatic heterocycles. The van der Waals surface area contributed by atoms with Crippen molar-refractivity contribution in [3.8, 4) is 0 Å². The first kappa shape index (κ1) is 11.6. The molecule has 0 atom stereocenters. The van der Waals surface area contributed by atoms with E-state index in [0.29, 0.717) is 6.42 Å². The van der Waals surface area contributed by atoms with Crippen LogP contribution in [-0.4, -0.2) is 24.0 Å². The second kappa shape index (κ2) is 6.16. The van der Waals surface area contributed by atoms with Gasteiger partial charge >= 0.3 is 5.97 Å². The van der Waals surface area contributed by atoms with Crippen LogP contribution in [0.2, 0.25) is 0 Å². The molecule has 5 heteroatoms. The summed E-state index contributed by atoms with van der Waals surface area (Å²) in [6, 6.07) is 0. The molecule has 0 spiro atoms. The fraction of sp³-hybridized carbons (Fsp3) is 0.625. The number of nitro groups is 1. The van der Waals surface area contributed by atoms with Gasteiger partial charge in [0.05, 0.1) is 6.61 Å². The summed E-state index contributed by atoms with van der Waals surface area (Å²) in [5, 5.41) is 10.2. The number of esters is 1. The van der Waals surface area contributed by atoms with Crippen molar-refractivity contribution in [3.05, 3.63) is 21.8 Å². The van der Waals surface area contributed by atoms with Gasteiger partial charge in [-0.2, -0.15) is 0 Å². The number of rotatable bonds is 5. The van der Waals surface area contributed by atoms with Gasteiger partial charge in [-0.15, -0.1) is 0 Å². The highest BCUT2D eigenvalue weighted by Crippen LogP contribution is 2.00. The molecule has 0 fully saturated rings. The molecule has 0 aliphatic heterocycles. The predicted molar refractivity (Wildman–Crippen MR) is 46.9 cm³/mol. The molecule has 0 rings (SSSR count). The zero-order valence-corrected chi connectivity index (χ0v) is 7.78. The molecule has 0 heterocycles. The Morgan fingerprint density at radius 2 is 2.15 bits per heavy atom. The van der Waals surface area contributed by atoms with Crippen LogP contribution in [-0.2, 0) is 9.53 Å². The van der Waals surface area contributed by atoms with E-state index in [1.54, 1.807) is 13.8 Å². The zero-order valence-electron chi connectivity index (χ0n) is 7.78. The van der Waals surface area contributed by atoms with Gasteiger partial charge in [-0.1, -0.05) is 13.0 Å². The van der Waals surface area contributed by atoms with Crippen LogP contribution < -0.4 is 0 Å². The van der Waals surface area contributed by atoms with Crippen molar-refractivity contribution < 1.29 is 14.5 Å². The van der Waals surface area contributed by atoms with Gasteiger partial charge in [0.15, 0.2) is 0 Å².